The van der Waals surface area contributed by atoms with Crippen LogP contribution in [0.4, 0.5) is 21.9 Å². The Morgan fingerprint density at radius 3 is 2.39 bits per heavy atom. The van der Waals surface area contributed by atoms with Gasteiger partial charge in [0.1, 0.15) is 5.75 Å². The summed E-state index contributed by atoms with van der Waals surface area (Å²) in [5.41, 5.74) is 2.60. The maximum Gasteiger partial charge on any atom is 0.323 e. The summed E-state index contributed by atoms with van der Waals surface area (Å²) >= 11 is 11.9. The maximum absolute atomic E-state index is 12.8. The van der Waals surface area contributed by atoms with Crippen LogP contribution < -0.4 is 20.3 Å². The first-order valence-electron chi connectivity index (χ1n) is 9.59. The van der Waals surface area contributed by atoms with Crippen molar-refractivity contribution in [2.45, 2.75) is 19.6 Å². The van der Waals surface area contributed by atoms with Crippen LogP contribution in [0.5, 0.6) is 5.75 Å². The lowest BCUT2D eigenvalue weighted by atomic mass is 10.1. The number of halogens is 2. The number of urea groups is 1. The number of nitrogens with zero attached hydrogens (tertiary/aromatic N) is 1. The van der Waals surface area contributed by atoms with Crippen LogP contribution in [0.2, 0.25) is 10.0 Å². The normalized spacial score (nSPS) is 15.1. The van der Waals surface area contributed by atoms with Gasteiger partial charge in [-0.3, -0.25) is 4.79 Å². The summed E-state index contributed by atoms with van der Waals surface area (Å²) < 4.78 is 5.74. The molecule has 1 heterocycles. The van der Waals surface area contributed by atoms with E-state index >= 15 is 0 Å². The monoisotopic (exact) mass is 455 g/mol. The fourth-order valence-corrected chi connectivity index (χ4v) is 3.60. The highest BCUT2D eigenvalue weighted by molar-refractivity contribution is 6.31. The third kappa shape index (κ3) is 4.93. The second-order valence-corrected chi connectivity index (χ2v) is 7.96. The highest BCUT2D eigenvalue weighted by atomic mass is 35.5. The van der Waals surface area contributed by atoms with Crippen molar-refractivity contribution in [3.8, 4) is 5.75 Å². The van der Waals surface area contributed by atoms with Crippen molar-refractivity contribution in [1.29, 1.82) is 0 Å². The summed E-state index contributed by atoms with van der Waals surface area (Å²) in [7, 11) is 0. The van der Waals surface area contributed by atoms with Crippen LogP contribution in [0, 0.1) is 0 Å². The molecule has 3 aromatic rings. The quantitative estimate of drug-likeness (QED) is 0.510. The van der Waals surface area contributed by atoms with E-state index in [9.17, 15) is 9.59 Å². The summed E-state index contributed by atoms with van der Waals surface area (Å²) in [6.07, 6.45) is -0.607. The molecule has 1 unspecified atom stereocenters. The van der Waals surface area contributed by atoms with Crippen molar-refractivity contribution >= 4 is 52.2 Å². The minimum absolute atomic E-state index is 0.164. The van der Waals surface area contributed by atoms with E-state index in [0.717, 1.165) is 5.56 Å². The molecule has 0 radical (unpaired) electrons. The molecule has 0 aliphatic carbocycles. The van der Waals surface area contributed by atoms with E-state index in [4.69, 9.17) is 27.9 Å². The van der Waals surface area contributed by atoms with E-state index in [1.165, 1.54) is 0 Å². The Labute approximate surface area is 189 Å². The summed E-state index contributed by atoms with van der Waals surface area (Å²) in [6, 6.07) is 18.9. The molecule has 0 fully saturated rings. The number of hydrogen-bond donors (Lipinski definition) is 2. The summed E-state index contributed by atoms with van der Waals surface area (Å²) in [4.78, 5) is 26.9. The third-order valence-electron chi connectivity index (χ3n) is 4.76. The number of benzene rings is 3. The van der Waals surface area contributed by atoms with Gasteiger partial charge in [-0.15, -0.1) is 0 Å². The van der Waals surface area contributed by atoms with Crippen LogP contribution in [0.3, 0.4) is 0 Å². The van der Waals surface area contributed by atoms with Gasteiger partial charge in [-0.25, -0.2) is 4.79 Å². The minimum Gasteiger partial charge on any atom is -0.479 e. The molecule has 8 heteroatoms. The molecule has 4 rings (SSSR count). The number of anilines is 3. The average Bonchev–Trinajstić information content (AvgIpc) is 2.73. The number of fused-ring (bicyclic) bond motifs is 1. The van der Waals surface area contributed by atoms with Crippen molar-refractivity contribution in [3.05, 3.63) is 82.3 Å². The SMILES string of the molecule is CC1Oc2ccc(NC(=O)Nc3cccc(Cl)c3)cc2N(Cc2ccc(Cl)cc2)C1=O. The molecule has 31 heavy (non-hydrogen) atoms. The van der Waals surface area contributed by atoms with E-state index in [-0.39, 0.29) is 5.91 Å². The minimum atomic E-state index is -0.607. The van der Waals surface area contributed by atoms with Gasteiger partial charge in [-0.1, -0.05) is 41.4 Å². The molecule has 6 nitrogen and oxygen atoms in total. The first-order chi connectivity index (χ1) is 14.9. The molecule has 0 spiro atoms. The third-order valence-corrected chi connectivity index (χ3v) is 5.25. The zero-order chi connectivity index (χ0) is 22.0. The second-order valence-electron chi connectivity index (χ2n) is 7.08. The van der Waals surface area contributed by atoms with Crippen LogP contribution in [0.1, 0.15) is 12.5 Å². The smallest absolute Gasteiger partial charge is 0.323 e. The summed E-state index contributed by atoms with van der Waals surface area (Å²) in [5.74, 6) is 0.407. The molecular formula is C23H19Cl2N3O3. The lowest BCUT2D eigenvalue weighted by molar-refractivity contribution is -0.125. The number of hydrogen-bond acceptors (Lipinski definition) is 3. The van der Waals surface area contributed by atoms with Crippen LogP contribution >= 0.6 is 23.2 Å². The Morgan fingerprint density at radius 1 is 0.968 bits per heavy atom. The number of nitrogens with one attached hydrogen (secondary N) is 2. The van der Waals surface area contributed by atoms with Crippen LogP contribution in [0.15, 0.2) is 66.7 Å². The number of carbonyl (C=O) groups is 2. The molecular weight excluding hydrogens is 437 g/mol. The van der Waals surface area contributed by atoms with Gasteiger partial charge in [0.15, 0.2) is 6.10 Å². The van der Waals surface area contributed by atoms with Crippen LogP contribution in [0.25, 0.3) is 0 Å². The maximum atomic E-state index is 12.8. The highest BCUT2D eigenvalue weighted by Gasteiger charge is 2.31. The number of ether oxygens (including phenoxy) is 1. The van der Waals surface area contributed by atoms with Gasteiger partial charge in [-0.2, -0.15) is 0 Å². The van der Waals surface area contributed by atoms with Crippen LogP contribution in [-0.2, 0) is 11.3 Å². The van der Waals surface area contributed by atoms with E-state index in [1.54, 1.807) is 66.4 Å². The number of amides is 3. The molecule has 1 atom stereocenters. The fourth-order valence-electron chi connectivity index (χ4n) is 3.28. The van der Waals surface area contributed by atoms with Gasteiger partial charge in [0.05, 0.1) is 12.2 Å². The highest BCUT2D eigenvalue weighted by Crippen LogP contribution is 2.37. The molecule has 2 N–H and O–H groups in total. The van der Waals surface area contributed by atoms with Crippen molar-refractivity contribution < 1.29 is 14.3 Å². The molecule has 3 aromatic carbocycles. The molecule has 0 saturated heterocycles. The summed E-state index contributed by atoms with van der Waals surface area (Å²) in [5, 5.41) is 6.65. The Morgan fingerprint density at radius 2 is 1.68 bits per heavy atom. The van der Waals surface area contributed by atoms with Crippen LogP contribution in [-0.4, -0.2) is 18.0 Å². The van der Waals surface area contributed by atoms with Gasteiger partial charge in [-0.05, 0) is 61.0 Å². The topological polar surface area (TPSA) is 70.7 Å². The zero-order valence-electron chi connectivity index (χ0n) is 16.6. The predicted octanol–water partition coefficient (Wildman–Crippen LogP) is 5.95. The molecule has 0 saturated carbocycles. The zero-order valence-corrected chi connectivity index (χ0v) is 18.1. The summed E-state index contributed by atoms with van der Waals surface area (Å²) in [6.45, 7) is 2.07. The Balaban J connectivity index is 1.56. The largest absolute Gasteiger partial charge is 0.479 e. The Bertz CT molecular complexity index is 1140. The average molecular weight is 456 g/mol. The molecule has 0 aromatic heterocycles. The van der Waals surface area contributed by atoms with E-state index in [2.05, 4.69) is 10.6 Å². The molecule has 1 aliphatic rings. The van der Waals surface area contributed by atoms with Gasteiger partial charge in [0.25, 0.3) is 5.91 Å². The van der Waals surface area contributed by atoms with Crippen molar-refractivity contribution in [2.75, 3.05) is 15.5 Å². The van der Waals surface area contributed by atoms with Crippen molar-refractivity contribution in [3.63, 3.8) is 0 Å². The van der Waals surface area contributed by atoms with Crippen molar-refractivity contribution in [1.82, 2.24) is 0 Å². The first-order valence-corrected chi connectivity index (χ1v) is 10.3. The molecule has 158 valence electrons. The fraction of sp³-hybridized carbons (Fsp3) is 0.130. The first kappa shape index (κ1) is 21.0. The number of carbonyl (C=O) groups excluding carboxylic acids is 2. The predicted molar refractivity (Wildman–Crippen MR) is 123 cm³/mol. The van der Waals surface area contributed by atoms with E-state index in [0.29, 0.717) is 39.4 Å². The standard InChI is InChI=1S/C23H19Cl2N3O3/c1-14-22(29)28(13-15-5-7-16(24)8-6-15)20-12-19(9-10-21(20)31-14)27-23(30)26-18-4-2-3-17(25)11-18/h2-12,14H,13H2,1H3,(H2,26,27,30). The second kappa shape index (κ2) is 8.88. The van der Waals surface area contributed by atoms with E-state index < -0.39 is 12.1 Å². The number of rotatable bonds is 4. The Kier molecular flexibility index (Phi) is 6.02. The van der Waals surface area contributed by atoms with E-state index in [1.807, 2.05) is 12.1 Å². The van der Waals surface area contributed by atoms with Gasteiger partial charge >= 0.3 is 6.03 Å². The van der Waals surface area contributed by atoms with Gasteiger partial charge in [0.2, 0.25) is 0 Å². The molecule has 1 aliphatic heterocycles. The molecule has 3 amide bonds. The lowest BCUT2D eigenvalue weighted by Crippen LogP contribution is -2.44. The van der Waals surface area contributed by atoms with Gasteiger partial charge < -0.3 is 20.3 Å². The Hall–Kier alpha value is -3.22. The molecule has 0 bridgehead atoms. The van der Waals surface area contributed by atoms with Gasteiger partial charge in [0, 0.05) is 21.4 Å². The lowest BCUT2D eigenvalue weighted by Gasteiger charge is -2.33. The van der Waals surface area contributed by atoms with Crippen molar-refractivity contribution in [2.24, 2.45) is 0 Å².